The molecule has 122 valence electrons. The van der Waals surface area contributed by atoms with Crippen molar-refractivity contribution in [2.24, 2.45) is 5.92 Å². The van der Waals surface area contributed by atoms with E-state index in [-0.39, 0.29) is 0 Å². The van der Waals surface area contributed by atoms with Crippen LogP contribution in [0.25, 0.3) is 0 Å². The topological polar surface area (TPSA) is 24.1 Å². The van der Waals surface area contributed by atoms with Gasteiger partial charge in [-0.05, 0) is 45.8 Å². The van der Waals surface area contributed by atoms with Crippen LogP contribution < -0.4 is 10.6 Å². The molecule has 0 saturated heterocycles. The molecule has 1 fully saturated rings. The average Bonchev–Trinajstić information content (AvgIpc) is 2.51. The van der Waals surface area contributed by atoms with E-state index in [2.05, 4.69) is 31.5 Å². The standard InChI is InChI=1S/C9H19N.C9H21N/c1-3-8-6-4-5-7-9(8)10-2;1-3-4-5-6-7-8-9-10-2/h8-10H,3-7H2,1-2H3;10H,3-9H2,1-2H3. The largest absolute Gasteiger partial charge is 0.320 e. The molecule has 0 amide bonds. The Balaban J connectivity index is 0.000000361. The van der Waals surface area contributed by atoms with Crippen molar-refractivity contribution in [2.75, 3.05) is 20.6 Å². The molecule has 1 rings (SSSR count). The fourth-order valence-corrected chi connectivity index (χ4v) is 3.16. The van der Waals surface area contributed by atoms with Crippen LogP contribution in [0, 0.1) is 5.92 Å². The summed E-state index contributed by atoms with van der Waals surface area (Å²) in [6.45, 7) is 5.75. The minimum atomic E-state index is 0.818. The smallest absolute Gasteiger partial charge is 0.00922 e. The first-order chi connectivity index (χ1) is 9.79. The summed E-state index contributed by atoms with van der Waals surface area (Å²) in [6, 6.07) is 0.818. The van der Waals surface area contributed by atoms with Crippen LogP contribution in [0.1, 0.15) is 84.5 Å². The van der Waals surface area contributed by atoms with Crippen LogP contribution in [0.15, 0.2) is 0 Å². The highest BCUT2D eigenvalue weighted by Gasteiger charge is 2.21. The lowest BCUT2D eigenvalue weighted by molar-refractivity contribution is 0.267. The zero-order valence-corrected chi connectivity index (χ0v) is 14.6. The van der Waals surface area contributed by atoms with E-state index >= 15 is 0 Å². The minimum absolute atomic E-state index is 0.818. The van der Waals surface area contributed by atoms with Crippen molar-refractivity contribution < 1.29 is 0 Å². The highest BCUT2D eigenvalue weighted by molar-refractivity contribution is 4.78. The molecule has 2 atom stereocenters. The Morgan fingerprint density at radius 1 is 0.850 bits per heavy atom. The summed E-state index contributed by atoms with van der Waals surface area (Å²) in [6.07, 6.45) is 15.5. The van der Waals surface area contributed by atoms with Gasteiger partial charge in [0.2, 0.25) is 0 Å². The van der Waals surface area contributed by atoms with Gasteiger partial charge in [-0.3, -0.25) is 0 Å². The molecule has 1 aliphatic rings. The fourth-order valence-electron chi connectivity index (χ4n) is 3.16. The third kappa shape index (κ3) is 10.7. The van der Waals surface area contributed by atoms with Crippen molar-refractivity contribution in [3.8, 4) is 0 Å². The first-order valence-corrected chi connectivity index (χ1v) is 9.11. The molecule has 1 aliphatic carbocycles. The van der Waals surface area contributed by atoms with Crippen LogP contribution >= 0.6 is 0 Å². The molecule has 0 aromatic heterocycles. The lowest BCUT2D eigenvalue weighted by Crippen LogP contribution is -2.35. The number of rotatable bonds is 9. The Hall–Kier alpha value is -0.0800. The molecule has 2 heteroatoms. The highest BCUT2D eigenvalue weighted by atomic mass is 14.9. The van der Waals surface area contributed by atoms with Gasteiger partial charge in [0.05, 0.1) is 0 Å². The number of hydrogen-bond acceptors (Lipinski definition) is 2. The van der Waals surface area contributed by atoms with E-state index in [1.54, 1.807) is 0 Å². The second-order valence-electron chi connectivity index (χ2n) is 6.22. The maximum absolute atomic E-state index is 3.40. The van der Waals surface area contributed by atoms with Crippen LogP contribution in [0.4, 0.5) is 0 Å². The lowest BCUT2D eigenvalue weighted by Gasteiger charge is -2.30. The van der Waals surface area contributed by atoms with E-state index in [0.29, 0.717) is 0 Å². The Morgan fingerprint density at radius 2 is 1.50 bits per heavy atom. The van der Waals surface area contributed by atoms with Crippen molar-refractivity contribution in [1.82, 2.24) is 10.6 Å². The van der Waals surface area contributed by atoms with Gasteiger partial charge < -0.3 is 10.6 Å². The molecule has 2 nitrogen and oxygen atoms in total. The maximum atomic E-state index is 3.40. The Morgan fingerprint density at radius 3 is 2.05 bits per heavy atom. The van der Waals surface area contributed by atoms with Crippen LogP contribution in [0.5, 0.6) is 0 Å². The molecule has 0 heterocycles. The van der Waals surface area contributed by atoms with E-state index in [9.17, 15) is 0 Å². The van der Waals surface area contributed by atoms with Crippen LogP contribution in [0.2, 0.25) is 0 Å². The second kappa shape index (κ2) is 15.3. The van der Waals surface area contributed by atoms with E-state index in [1.165, 1.54) is 77.2 Å². The summed E-state index contributed by atoms with van der Waals surface area (Å²) in [4.78, 5) is 0. The molecule has 2 unspecified atom stereocenters. The SMILES string of the molecule is CCC1CCCCC1NC.CCCCCCCCNC. The average molecular weight is 285 g/mol. The molecule has 0 spiro atoms. The van der Waals surface area contributed by atoms with Gasteiger partial charge in [-0.2, -0.15) is 0 Å². The van der Waals surface area contributed by atoms with Gasteiger partial charge in [-0.15, -0.1) is 0 Å². The Labute approximate surface area is 128 Å². The van der Waals surface area contributed by atoms with Crippen LogP contribution in [0.3, 0.4) is 0 Å². The highest BCUT2D eigenvalue weighted by Crippen LogP contribution is 2.26. The van der Waals surface area contributed by atoms with Crippen LogP contribution in [-0.4, -0.2) is 26.7 Å². The predicted molar refractivity (Wildman–Crippen MR) is 92.4 cm³/mol. The molecule has 2 N–H and O–H groups in total. The zero-order valence-electron chi connectivity index (χ0n) is 14.6. The van der Waals surface area contributed by atoms with E-state index in [1.807, 2.05) is 7.05 Å². The predicted octanol–water partition coefficient (Wildman–Crippen LogP) is 4.74. The zero-order chi connectivity index (χ0) is 15.1. The van der Waals surface area contributed by atoms with Gasteiger partial charge in [0.25, 0.3) is 0 Å². The molecule has 0 aromatic rings. The lowest BCUT2D eigenvalue weighted by atomic mass is 9.83. The summed E-state index contributed by atoms with van der Waals surface area (Å²) >= 11 is 0. The van der Waals surface area contributed by atoms with Crippen molar-refractivity contribution in [3.63, 3.8) is 0 Å². The Kier molecular flexibility index (Phi) is 15.3. The molecular formula is C18H40N2. The van der Waals surface area contributed by atoms with Crippen molar-refractivity contribution in [1.29, 1.82) is 0 Å². The van der Waals surface area contributed by atoms with E-state index in [0.717, 1.165) is 12.0 Å². The molecular weight excluding hydrogens is 244 g/mol. The van der Waals surface area contributed by atoms with Crippen molar-refractivity contribution in [2.45, 2.75) is 90.5 Å². The summed E-state index contributed by atoms with van der Waals surface area (Å²) in [7, 11) is 4.12. The van der Waals surface area contributed by atoms with Gasteiger partial charge in [0.1, 0.15) is 0 Å². The van der Waals surface area contributed by atoms with Gasteiger partial charge in [0.15, 0.2) is 0 Å². The van der Waals surface area contributed by atoms with Gasteiger partial charge in [-0.25, -0.2) is 0 Å². The normalized spacial score (nSPS) is 22.2. The third-order valence-corrected chi connectivity index (χ3v) is 4.58. The van der Waals surface area contributed by atoms with Crippen molar-refractivity contribution in [3.05, 3.63) is 0 Å². The van der Waals surface area contributed by atoms with E-state index in [4.69, 9.17) is 0 Å². The fraction of sp³-hybridized carbons (Fsp3) is 1.00. The second-order valence-corrected chi connectivity index (χ2v) is 6.22. The minimum Gasteiger partial charge on any atom is -0.320 e. The van der Waals surface area contributed by atoms with Gasteiger partial charge >= 0.3 is 0 Å². The summed E-state index contributed by atoms with van der Waals surface area (Å²) in [5.74, 6) is 0.957. The Bertz CT molecular complexity index is 162. The molecule has 1 saturated carbocycles. The molecule has 20 heavy (non-hydrogen) atoms. The summed E-state index contributed by atoms with van der Waals surface area (Å²) in [5.41, 5.74) is 0. The number of nitrogens with one attached hydrogen (secondary N) is 2. The van der Waals surface area contributed by atoms with E-state index < -0.39 is 0 Å². The molecule has 0 aromatic carbocycles. The van der Waals surface area contributed by atoms with Gasteiger partial charge in [0, 0.05) is 6.04 Å². The van der Waals surface area contributed by atoms with Crippen molar-refractivity contribution >= 4 is 0 Å². The third-order valence-electron chi connectivity index (χ3n) is 4.58. The number of unbranched alkanes of at least 4 members (excludes halogenated alkanes) is 5. The molecule has 0 bridgehead atoms. The summed E-state index contributed by atoms with van der Waals surface area (Å²) < 4.78 is 0. The molecule has 0 aliphatic heterocycles. The number of hydrogen-bond donors (Lipinski definition) is 2. The monoisotopic (exact) mass is 284 g/mol. The molecule has 0 radical (unpaired) electrons. The maximum Gasteiger partial charge on any atom is 0.00922 e. The first kappa shape index (κ1) is 19.9. The van der Waals surface area contributed by atoms with Gasteiger partial charge in [-0.1, -0.05) is 65.2 Å². The quantitative estimate of drug-likeness (QED) is 0.598. The van der Waals surface area contributed by atoms with Crippen LogP contribution in [-0.2, 0) is 0 Å². The first-order valence-electron chi connectivity index (χ1n) is 9.11. The summed E-state index contributed by atoms with van der Waals surface area (Å²) in [5, 5.41) is 6.56.